The van der Waals surface area contributed by atoms with Gasteiger partial charge in [0.15, 0.2) is 11.6 Å². The van der Waals surface area contributed by atoms with E-state index in [1.54, 1.807) is 13.8 Å². The van der Waals surface area contributed by atoms with Crippen LogP contribution in [0.25, 0.3) is 0 Å². The summed E-state index contributed by atoms with van der Waals surface area (Å²) >= 11 is 0. The van der Waals surface area contributed by atoms with E-state index in [2.05, 4.69) is 0 Å². The molecule has 0 aliphatic carbocycles. The van der Waals surface area contributed by atoms with E-state index < -0.39 is 39.2 Å². The summed E-state index contributed by atoms with van der Waals surface area (Å²) < 4.78 is 53.7. The van der Waals surface area contributed by atoms with Crippen LogP contribution in [0.4, 0.5) is 8.78 Å². The minimum atomic E-state index is -4.17. The van der Waals surface area contributed by atoms with Gasteiger partial charge in [0, 0.05) is 12.6 Å². The van der Waals surface area contributed by atoms with E-state index in [1.807, 2.05) is 13.8 Å². The third-order valence-electron chi connectivity index (χ3n) is 2.94. The van der Waals surface area contributed by atoms with E-state index in [9.17, 15) is 17.2 Å². The van der Waals surface area contributed by atoms with Crippen LogP contribution in [0.5, 0.6) is 0 Å². The zero-order chi connectivity index (χ0) is 16.4. The molecule has 0 aliphatic rings. The number of halogens is 2. The Morgan fingerprint density at radius 2 is 1.76 bits per heavy atom. The number of nitrogens with zero attached hydrogens (tertiary/aromatic N) is 1. The highest BCUT2D eigenvalue weighted by atomic mass is 32.2. The molecule has 1 N–H and O–H groups in total. The van der Waals surface area contributed by atoms with Crippen molar-refractivity contribution in [2.45, 2.75) is 45.2 Å². The minimum Gasteiger partial charge on any atom is -0.392 e. The number of benzene rings is 1. The molecule has 0 bridgehead atoms. The van der Waals surface area contributed by atoms with Crippen molar-refractivity contribution < 1.29 is 22.3 Å². The van der Waals surface area contributed by atoms with Gasteiger partial charge >= 0.3 is 0 Å². The molecule has 0 heterocycles. The van der Waals surface area contributed by atoms with Crippen molar-refractivity contribution in [3.63, 3.8) is 0 Å². The first-order valence-corrected chi connectivity index (χ1v) is 8.15. The molecule has 0 amide bonds. The molecular weight excluding hydrogens is 300 g/mol. The second-order valence-corrected chi connectivity index (χ2v) is 7.47. The Morgan fingerprint density at radius 1 is 1.19 bits per heavy atom. The molecule has 0 saturated heterocycles. The number of aliphatic hydroxyl groups is 1. The van der Waals surface area contributed by atoms with Gasteiger partial charge in [-0.1, -0.05) is 13.8 Å². The van der Waals surface area contributed by atoms with Crippen molar-refractivity contribution in [1.82, 2.24) is 4.31 Å². The van der Waals surface area contributed by atoms with Crippen molar-refractivity contribution in [3.8, 4) is 0 Å². The van der Waals surface area contributed by atoms with Gasteiger partial charge in [-0.3, -0.25) is 0 Å². The summed E-state index contributed by atoms with van der Waals surface area (Å²) in [5, 5.41) is 9.04. The average Bonchev–Trinajstić information content (AvgIpc) is 2.38. The van der Waals surface area contributed by atoms with Crippen LogP contribution in [0.2, 0.25) is 0 Å². The van der Waals surface area contributed by atoms with Crippen LogP contribution < -0.4 is 0 Å². The Kier molecular flexibility index (Phi) is 5.83. The summed E-state index contributed by atoms with van der Waals surface area (Å²) in [5.74, 6) is -2.66. The van der Waals surface area contributed by atoms with E-state index in [0.717, 1.165) is 16.4 Å². The first-order chi connectivity index (χ1) is 9.61. The van der Waals surface area contributed by atoms with Crippen molar-refractivity contribution in [3.05, 3.63) is 29.3 Å². The maximum Gasteiger partial charge on any atom is 0.246 e. The smallest absolute Gasteiger partial charge is 0.246 e. The highest BCUT2D eigenvalue weighted by Crippen LogP contribution is 2.25. The molecule has 1 aromatic rings. The number of hydrogen-bond donors (Lipinski definition) is 1. The molecule has 1 rings (SSSR count). The molecule has 0 aromatic heterocycles. The van der Waals surface area contributed by atoms with Crippen molar-refractivity contribution >= 4 is 10.0 Å². The van der Waals surface area contributed by atoms with Crippen LogP contribution in [-0.2, 0) is 16.6 Å². The van der Waals surface area contributed by atoms with Gasteiger partial charge in [0.05, 0.1) is 6.61 Å². The molecule has 0 radical (unpaired) electrons. The van der Waals surface area contributed by atoms with Gasteiger partial charge in [-0.05, 0) is 37.5 Å². The van der Waals surface area contributed by atoms with Crippen LogP contribution in [0.15, 0.2) is 17.0 Å². The Morgan fingerprint density at radius 3 is 2.19 bits per heavy atom. The highest BCUT2D eigenvalue weighted by Gasteiger charge is 2.31. The van der Waals surface area contributed by atoms with Gasteiger partial charge in [-0.15, -0.1) is 0 Å². The highest BCUT2D eigenvalue weighted by molar-refractivity contribution is 7.89. The van der Waals surface area contributed by atoms with Gasteiger partial charge in [-0.2, -0.15) is 4.31 Å². The quantitative estimate of drug-likeness (QED) is 0.876. The molecule has 1 aromatic carbocycles. The summed E-state index contributed by atoms with van der Waals surface area (Å²) in [4.78, 5) is -0.735. The predicted octanol–water partition coefficient (Wildman–Crippen LogP) is 2.51. The SMILES string of the molecule is CC(C)CN(C(C)C)S(=O)(=O)c1cc(CO)cc(F)c1F. The maximum absolute atomic E-state index is 13.9. The topological polar surface area (TPSA) is 57.6 Å². The van der Waals surface area contributed by atoms with E-state index in [0.29, 0.717) is 0 Å². The lowest BCUT2D eigenvalue weighted by molar-refractivity contribution is 0.280. The Balaban J connectivity index is 3.44. The lowest BCUT2D eigenvalue weighted by Crippen LogP contribution is -2.40. The van der Waals surface area contributed by atoms with Gasteiger partial charge in [-0.25, -0.2) is 17.2 Å². The third kappa shape index (κ3) is 3.99. The van der Waals surface area contributed by atoms with Crippen LogP contribution in [0.3, 0.4) is 0 Å². The van der Waals surface area contributed by atoms with Gasteiger partial charge < -0.3 is 5.11 Å². The Bertz CT molecular complexity index is 600. The summed E-state index contributed by atoms with van der Waals surface area (Å²) in [5.41, 5.74) is 0.0146. The van der Waals surface area contributed by atoms with Crippen LogP contribution in [0, 0.1) is 17.6 Å². The Labute approximate surface area is 124 Å². The predicted molar refractivity (Wildman–Crippen MR) is 76.1 cm³/mol. The van der Waals surface area contributed by atoms with E-state index >= 15 is 0 Å². The van der Waals surface area contributed by atoms with Crippen molar-refractivity contribution in [2.24, 2.45) is 5.92 Å². The molecule has 0 unspecified atom stereocenters. The molecular formula is C14H21F2NO3S. The van der Waals surface area contributed by atoms with Crippen LogP contribution in [-0.4, -0.2) is 30.4 Å². The van der Waals surface area contributed by atoms with Gasteiger partial charge in [0.2, 0.25) is 10.0 Å². The Hall–Kier alpha value is -1.05. The van der Waals surface area contributed by atoms with Crippen molar-refractivity contribution in [2.75, 3.05) is 6.54 Å². The number of rotatable bonds is 6. The van der Waals surface area contributed by atoms with Gasteiger partial charge in [0.1, 0.15) is 4.90 Å². The largest absolute Gasteiger partial charge is 0.392 e. The summed E-state index contributed by atoms with van der Waals surface area (Å²) in [7, 11) is -4.17. The molecule has 21 heavy (non-hydrogen) atoms. The lowest BCUT2D eigenvalue weighted by atomic mass is 10.2. The zero-order valence-electron chi connectivity index (χ0n) is 12.6. The molecule has 0 saturated carbocycles. The normalized spacial score (nSPS) is 12.7. The molecule has 0 aliphatic heterocycles. The maximum atomic E-state index is 13.9. The standard InChI is InChI=1S/C14H21F2NO3S/c1-9(2)7-17(10(3)4)21(19,20)13-6-11(8-18)5-12(15)14(13)16/h5-6,9-10,18H,7-8H2,1-4H3. The second kappa shape index (κ2) is 6.81. The fraction of sp³-hybridized carbons (Fsp3) is 0.571. The van der Waals surface area contributed by atoms with E-state index in [4.69, 9.17) is 5.11 Å². The van der Waals surface area contributed by atoms with Crippen molar-refractivity contribution in [1.29, 1.82) is 0 Å². The average molecular weight is 321 g/mol. The van der Waals surface area contributed by atoms with Crippen LogP contribution >= 0.6 is 0 Å². The lowest BCUT2D eigenvalue weighted by Gasteiger charge is -2.27. The molecule has 0 fully saturated rings. The fourth-order valence-electron chi connectivity index (χ4n) is 1.97. The third-order valence-corrected chi connectivity index (χ3v) is 4.99. The molecule has 0 spiro atoms. The fourth-order valence-corrected chi connectivity index (χ4v) is 3.90. The number of sulfonamides is 1. The van der Waals surface area contributed by atoms with E-state index in [1.165, 1.54) is 0 Å². The second-order valence-electron chi connectivity index (χ2n) is 5.61. The number of aliphatic hydroxyl groups excluding tert-OH is 1. The van der Waals surface area contributed by atoms with E-state index in [-0.39, 0.29) is 18.0 Å². The summed E-state index contributed by atoms with van der Waals surface area (Å²) in [6.45, 7) is 6.65. The molecule has 4 nitrogen and oxygen atoms in total. The molecule has 0 atom stereocenters. The van der Waals surface area contributed by atoms with Crippen LogP contribution in [0.1, 0.15) is 33.3 Å². The zero-order valence-corrected chi connectivity index (χ0v) is 13.4. The first-order valence-electron chi connectivity index (χ1n) is 6.71. The molecule has 7 heteroatoms. The summed E-state index contributed by atoms with van der Waals surface area (Å²) in [6, 6.07) is 1.37. The summed E-state index contributed by atoms with van der Waals surface area (Å²) in [6.07, 6.45) is 0. The monoisotopic (exact) mass is 321 g/mol. The molecule has 120 valence electrons. The van der Waals surface area contributed by atoms with Gasteiger partial charge in [0.25, 0.3) is 0 Å². The minimum absolute atomic E-state index is 0.0146. The number of hydrogen-bond acceptors (Lipinski definition) is 3. The first kappa shape index (κ1) is 18.0.